The van der Waals surface area contributed by atoms with Gasteiger partial charge in [-0.1, -0.05) is 67.1 Å². The second-order valence-electron chi connectivity index (χ2n) is 7.02. The van der Waals surface area contributed by atoms with Crippen LogP contribution in [0.5, 0.6) is 0 Å². The summed E-state index contributed by atoms with van der Waals surface area (Å²) in [5.74, 6) is 3.17. The molecule has 2 unspecified atom stereocenters. The van der Waals surface area contributed by atoms with Crippen LogP contribution in [0.25, 0.3) is 0 Å². The lowest BCUT2D eigenvalue weighted by atomic mass is 9.82. The van der Waals surface area contributed by atoms with E-state index in [1.54, 1.807) is 0 Å². The van der Waals surface area contributed by atoms with E-state index < -0.39 is 5.79 Å². The molecule has 2 atom stereocenters. The van der Waals surface area contributed by atoms with E-state index >= 15 is 0 Å². The number of benzene rings is 2. The van der Waals surface area contributed by atoms with Crippen molar-refractivity contribution in [3.63, 3.8) is 0 Å². The Labute approximate surface area is 143 Å². The predicted octanol–water partition coefficient (Wildman–Crippen LogP) is 4.40. The van der Waals surface area contributed by atoms with Crippen LogP contribution in [0.4, 0.5) is 0 Å². The molecule has 0 bridgehead atoms. The summed E-state index contributed by atoms with van der Waals surface area (Å²) in [6.45, 7) is 1.35. The third-order valence-electron chi connectivity index (χ3n) is 5.83. The Balaban J connectivity index is 1.67. The van der Waals surface area contributed by atoms with Crippen molar-refractivity contribution in [3.8, 4) is 0 Å². The standard InChI is InChI=1S/C22H22O2/c1-3-8-16(9-4-1)20-18-12-7-13-19(18)21(17-10-5-2-6-11-17)22(20)23-14-15-24-22/h1-6,8-11,18-19H,7,12-15H2. The van der Waals surface area contributed by atoms with Crippen molar-refractivity contribution in [1.29, 1.82) is 0 Å². The Morgan fingerprint density at radius 3 is 1.58 bits per heavy atom. The minimum atomic E-state index is -0.640. The lowest BCUT2D eigenvalue weighted by molar-refractivity contribution is -0.118. The molecule has 2 aromatic rings. The summed E-state index contributed by atoms with van der Waals surface area (Å²) in [7, 11) is 0. The van der Waals surface area contributed by atoms with Crippen molar-refractivity contribution in [2.24, 2.45) is 11.8 Å². The van der Waals surface area contributed by atoms with Crippen LogP contribution in [0.3, 0.4) is 0 Å². The van der Waals surface area contributed by atoms with Crippen molar-refractivity contribution < 1.29 is 9.47 Å². The minimum absolute atomic E-state index is 0.542. The van der Waals surface area contributed by atoms with E-state index in [-0.39, 0.29) is 0 Å². The summed E-state index contributed by atoms with van der Waals surface area (Å²) >= 11 is 0. The SMILES string of the molecule is c1ccc([C]2C3CCCC3[C](c3ccccc3)C23OCCO3)cc1. The maximum Gasteiger partial charge on any atom is 0.190 e. The quantitative estimate of drug-likeness (QED) is 0.817. The molecule has 1 saturated heterocycles. The van der Waals surface area contributed by atoms with E-state index in [2.05, 4.69) is 60.7 Å². The van der Waals surface area contributed by atoms with Crippen LogP contribution >= 0.6 is 0 Å². The molecule has 3 aliphatic rings. The smallest absolute Gasteiger partial charge is 0.190 e. The largest absolute Gasteiger partial charge is 0.346 e. The second kappa shape index (κ2) is 5.72. The highest BCUT2D eigenvalue weighted by atomic mass is 16.7. The fourth-order valence-electron chi connectivity index (χ4n) is 5.05. The lowest BCUT2D eigenvalue weighted by Gasteiger charge is -2.36. The number of rotatable bonds is 2. The number of fused-ring (bicyclic) bond motifs is 1. The van der Waals surface area contributed by atoms with Gasteiger partial charge in [-0.05, 0) is 35.8 Å². The summed E-state index contributed by atoms with van der Waals surface area (Å²) in [5, 5.41) is 0. The first kappa shape index (κ1) is 14.7. The molecular weight excluding hydrogens is 296 g/mol. The lowest BCUT2D eigenvalue weighted by Crippen LogP contribution is -2.41. The van der Waals surface area contributed by atoms with Crippen LogP contribution < -0.4 is 0 Å². The molecule has 0 N–H and O–H groups in total. The fourth-order valence-corrected chi connectivity index (χ4v) is 5.05. The van der Waals surface area contributed by atoms with Crippen molar-refractivity contribution in [2.45, 2.75) is 25.0 Å². The molecule has 2 aromatic carbocycles. The number of ether oxygens (including phenoxy) is 2. The zero-order valence-corrected chi connectivity index (χ0v) is 13.8. The molecule has 5 rings (SSSR count). The van der Waals surface area contributed by atoms with Crippen LogP contribution in [-0.2, 0) is 9.47 Å². The molecule has 3 fully saturated rings. The number of hydrogen-bond donors (Lipinski definition) is 0. The third kappa shape index (κ3) is 2.03. The van der Waals surface area contributed by atoms with Gasteiger partial charge in [0.05, 0.1) is 25.0 Å². The molecule has 1 spiro atoms. The molecule has 2 radical (unpaired) electrons. The predicted molar refractivity (Wildman–Crippen MR) is 93.0 cm³/mol. The van der Waals surface area contributed by atoms with Gasteiger partial charge in [0.25, 0.3) is 0 Å². The van der Waals surface area contributed by atoms with Crippen molar-refractivity contribution >= 4 is 0 Å². The molecule has 2 aliphatic carbocycles. The molecule has 1 aliphatic heterocycles. The van der Waals surface area contributed by atoms with Gasteiger partial charge in [-0.15, -0.1) is 0 Å². The first-order valence-electron chi connectivity index (χ1n) is 9.03. The van der Waals surface area contributed by atoms with Crippen molar-refractivity contribution in [2.75, 3.05) is 13.2 Å². The fraction of sp³-hybridized carbons (Fsp3) is 0.364. The summed E-state index contributed by atoms with van der Waals surface area (Å²) in [5.41, 5.74) is 2.56. The Morgan fingerprint density at radius 2 is 1.12 bits per heavy atom. The van der Waals surface area contributed by atoms with E-state index in [0.717, 1.165) is 0 Å². The average molecular weight is 318 g/mol. The zero-order chi connectivity index (χ0) is 16.0. The Bertz CT molecular complexity index is 635. The average Bonchev–Trinajstić information content (AvgIpc) is 3.34. The second-order valence-corrected chi connectivity index (χ2v) is 7.02. The minimum Gasteiger partial charge on any atom is -0.346 e. The summed E-state index contributed by atoms with van der Waals surface area (Å²) in [6.07, 6.45) is 3.76. The van der Waals surface area contributed by atoms with Gasteiger partial charge in [0.1, 0.15) is 0 Å². The van der Waals surface area contributed by atoms with Crippen LogP contribution in [0.2, 0.25) is 0 Å². The molecule has 24 heavy (non-hydrogen) atoms. The van der Waals surface area contributed by atoms with Gasteiger partial charge in [0, 0.05) is 0 Å². The molecule has 0 aromatic heterocycles. The van der Waals surface area contributed by atoms with E-state index in [1.165, 1.54) is 42.2 Å². The normalized spacial score (nSPS) is 29.3. The first-order valence-corrected chi connectivity index (χ1v) is 9.03. The monoisotopic (exact) mass is 318 g/mol. The molecule has 1 heterocycles. The van der Waals surface area contributed by atoms with Gasteiger partial charge in [0.2, 0.25) is 0 Å². The topological polar surface area (TPSA) is 18.5 Å². The first-order chi connectivity index (χ1) is 11.9. The zero-order valence-electron chi connectivity index (χ0n) is 13.8. The van der Waals surface area contributed by atoms with E-state index in [0.29, 0.717) is 25.0 Å². The van der Waals surface area contributed by atoms with Crippen LogP contribution in [-0.4, -0.2) is 19.0 Å². The molecule has 122 valence electrons. The van der Waals surface area contributed by atoms with Gasteiger partial charge in [0.15, 0.2) is 5.79 Å². The Hall–Kier alpha value is -1.64. The van der Waals surface area contributed by atoms with Gasteiger partial charge < -0.3 is 9.47 Å². The van der Waals surface area contributed by atoms with E-state index in [1.807, 2.05) is 0 Å². The van der Waals surface area contributed by atoms with Gasteiger partial charge in [-0.3, -0.25) is 0 Å². The Kier molecular flexibility index (Phi) is 3.50. The molecular formula is C22H22O2. The third-order valence-corrected chi connectivity index (χ3v) is 5.83. The summed E-state index contributed by atoms with van der Waals surface area (Å²) in [4.78, 5) is 0. The highest BCUT2D eigenvalue weighted by molar-refractivity contribution is 5.54. The molecule has 2 nitrogen and oxygen atoms in total. The highest BCUT2D eigenvalue weighted by Gasteiger charge is 2.66. The number of hydrogen-bond acceptors (Lipinski definition) is 2. The van der Waals surface area contributed by atoms with Crippen LogP contribution in [0.1, 0.15) is 30.4 Å². The van der Waals surface area contributed by atoms with Crippen molar-refractivity contribution in [1.82, 2.24) is 0 Å². The molecule has 0 amide bonds. The highest BCUT2D eigenvalue weighted by Crippen LogP contribution is 2.64. The molecule has 2 heteroatoms. The Morgan fingerprint density at radius 1 is 0.667 bits per heavy atom. The van der Waals surface area contributed by atoms with Crippen LogP contribution in [0.15, 0.2) is 60.7 Å². The maximum atomic E-state index is 6.38. The van der Waals surface area contributed by atoms with Gasteiger partial charge >= 0.3 is 0 Å². The van der Waals surface area contributed by atoms with Gasteiger partial charge in [-0.2, -0.15) is 0 Å². The molecule has 2 saturated carbocycles. The van der Waals surface area contributed by atoms with Crippen LogP contribution in [0, 0.1) is 23.7 Å². The summed E-state index contributed by atoms with van der Waals surface area (Å²) in [6, 6.07) is 21.5. The summed E-state index contributed by atoms with van der Waals surface area (Å²) < 4.78 is 12.8. The van der Waals surface area contributed by atoms with Gasteiger partial charge in [-0.25, -0.2) is 0 Å². The maximum absolute atomic E-state index is 6.38. The van der Waals surface area contributed by atoms with E-state index in [9.17, 15) is 0 Å². The van der Waals surface area contributed by atoms with E-state index in [4.69, 9.17) is 9.47 Å². The van der Waals surface area contributed by atoms with Crippen molar-refractivity contribution in [3.05, 3.63) is 83.6 Å².